The van der Waals surface area contributed by atoms with E-state index in [1.54, 1.807) is 18.2 Å². The Bertz CT molecular complexity index is 446. The van der Waals surface area contributed by atoms with Crippen molar-refractivity contribution in [2.75, 3.05) is 14.2 Å². The molecule has 0 aliphatic carbocycles. The van der Waals surface area contributed by atoms with Crippen molar-refractivity contribution in [2.45, 2.75) is 20.8 Å². The summed E-state index contributed by atoms with van der Waals surface area (Å²) < 4.78 is 4.48. The van der Waals surface area contributed by atoms with Crippen molar-refractivity contribution in [1.29, 1.82) is 5.26 Å². The number of hydrogen-bond acceptors (Lipinski definition) is 4. The maximum atomic E-state index is 10.9. The molecule has 0 aliphatic rings. The zero-order valence-electron chi connectivity index (χ0n) is 12.2. The standard InChI is InChI=1S/C12H11NO2.C2H6.CH5N/c1-9-3-4-10(8-13)7-11(9)5-6-12(14)15-2;2*1-2/h3-7H,1-2H3;1-2H3;2H2,1H3/b6-5+;;. The first kappa shape index (κ1) is 19.2. The number of hydrogen-bond donors (Lipinski definition) is 1. The van der Waals surface area contributed by atoms with Crippen LogP contribution in [0, 0.1) is 18.3 Å². The molecule has 19 heavy (non-hydrogen) atoms. The van der Waals surface area contributed by atoms with Crippen LogP contribution in [0.5, 0.6) is 0 Å². The van der Waals surface area contributed by atoms with Gasteiger partial charge in [0.1, 0.15) is 0 Å². The smallest absolute Gasteiger partial charge is 0.330 e. The fourth-order valence-corrected chi connectivity index (χ4v) is 1.12. The minimum absolute atomic E-state index is 0.406. The molecule has 4 heteroatoms. The molecule has 0 unspecified atom stereocenters. The molecule has 1 rings (SSSR count). The zero-order chi connectivity index (χ0) is 15.3. The summed E-state index contributed by atoms with van der Waals surface area (Å²) in [7, 11) is 2.82. The van der Waals surface area contributed by atoms with Gasteiger partial charge in [0.05, 0.1) is 18.7 Å². The SMILES string of the molecule is CC.CN.COC(=O)/C=C/c1cc(C#N)ccc1C. The van der Waals surface area contributed by atoms with E-state index in [4.69, 9.17) is 5.26 Å². The van der Waals surface area contributed by atoms with Crippen LogP contribution in [0.3, 0.4) is 0 Å². The molecule has 0 heterocycles. The fraction of sp³-hybridized carbons (Fsp3) is 0.333. The molecule has 104 valence electrons. The number of esters is 1. The number of ether oxygens (including phenoxy) is 1. The first-order chi connectivity index (χ1) is 9.17. The van der Waals surface area contributed by atoms with Crippen molar-refractivity contribution < 1.29 is 9.53 Å². The van der Waals surface area contributed by atoms with Crippen LogP contribution < -0.4 is 5.73 Å². The minimum Gasteiger partial charge on any atom is -0.466 e. The largest absolute Gasteiger partial charge is 0.466 e. The molecule has 0 radical (unpaired) electrons. The Morgan fingerprint density at radius 3 is 2.42 bits per heavy atom. The Balaban J connectivity index is 0. The molecule has 0 saturated carbocycles. The number of methoxy groups -OCH3 is 1. The van der Waals surface area contributed by atoms with Gasteiger partial charge in [0, 0.05) is 6.08 Å². The van der Waals surface area contributed by atoms with Gasteiger partial charge in [-0.25, -0.2) is 4.79 Å². The quantitative estimate of drug-likeness (QED) is 0.656. The molecule has 2 N–H and O–H groups in total. The summed E-state index contributed by atoms with van der Waals surface area (Å²) in [6.45, 7) is 5.91. The highest BCUT2D eigenvalue weighted by molar-refractivity contribution is 5.87. The lowest BCUT2D eigenvalue weighted by Crippen LogP contribution is -1.93. The second kappa shape index (κ2) is 12.3. The van der Waals surface area contributed by atoms with Crippen LogP contribution in [-0.4, -0.2) is 20.1 Å². The summed E-state index contributed by atoms with van der Waals surface area (Å²) in [4.78, 5) is 10.9. The number of carbonyl (C=O) groups excluding carboxylic acids is 1. The second-order valence-corrected chi connectivity index (χ2v) is 3.04. The number of nitriles is 1. The summed E-state index contributed by atoms with van der Waals surface area (Å²) >= 11 is 0. The third kappa shape index (κ3) is 7.74. The summed E-state index contributed by atoms with van der Waals surface area (Å²) in [5, 5.41) is 8.71. The molecular weight excluding hydrogens is 240 g/mol. The normalized spacial score (nSPS) is 8.47. The molecule has 0 aliphatic heterocycles. The molecule has 4 nitrogen and oxygen atoms in total. The molecule has 0 fully saturated rings. The summed E-state index contributed by atoms with van der Waals surface area (Å²) in [6.07, 6.45) is 2.98. The van der Waals surface area contributed by atoms with E-state index in [-0.39, 0.29) is 0 Å². The van der Waals surface area contributed by atoms with Crippen molar-refractivity contribution in [3.8, 4) is 6.07 Å². The predicted molar refractivity (Wildman–Crippen MR) is 78.4 cm³/mol. The van der Waals surface area contributed by atoms with Crippen LogP contribution in [-0.2, 0) is 9.53 Å². The van der Waals surface area contributed by atoms with Gasteiger partial charge in [-0.05, 0) is 43.3 Å². The Labute approximate surface area is 115 Å². The molecule has 0 bridgehead atoms. The summed E-state index contributed by atoms with van der Waals surface area (Å²) in [6, 6.07) is 7.36. The third-order valence-electron chi connectivity index (χ3n) is 2.01. The highest BCUT2D eigenvalue weighted by Crippen LogP contribution is 2.12. The highest BCUT2D eigenvalue weighted by atomic mass is 16.5. The van der Waals surface area contributed by atoms with E-state index in [1.165, 1.54) is 20.2 Å². The minimum atomic E-state index is -0.406. The molecule has 0 amide bonds. The van der Waals surface area contributed by atoms with E-state index in [1.807, 2.05) is 32.9 Å². The fourth-order valence-electron chi connectivity index (χ4n) is 1.12. The van der Waals surface area contributed by atoms with Crippen LogP contribution in [0.2, 0.25) is 0 Å². The van der Waals surface area contributed by atoms with Gasteiger partial charge in [-0.3, -0.25) is 0 Å². The number of benzene rings is 1. The van der Waals surface area contributed by atoms with E-state index < -0.39 is 5.97 Å². The topological polar surface area (TPSA) is 76.1 Å². The number of nitrogens with two attached hydrogens (primary N) is 1. The van der Waals surface area contributed by atoms with Crippen LogP contribution in [0.25, 0.3) is 6.08 Å². The Kier molecular flexibility index (Phi) is 12.5. The van der Waals surface area contributed by atoms with E-state index >= 15 is 0 Å². The van der Waals surface area contributed by atoms with E-state index in [9.17, 15) is 4.79 Å². The molecule has 0 aromatic heterocycles. The lowest BCUT2D eigenvalue weighted by atomic mass is 10.1. The van der Waals surface area contributed by atoms with Crippen molar-refractivity contribution in [3.05, 3.63) is 41.0 Å². The number of nitrogens with zero attached hydrogens (tertiary/aromatic N) is 1. The summed E-state index contributed by atoms with van der Waals surface area (Å²) in [5.74, 6) is -0.406. The summed E-state index contributed by atoms with van der Waals surface area (Å²) in [5.41, 5.74) is 6.93. The van der Waals surface area contributed by atoms with Crippen LogP contribution >= 0.6 is 0 Å². The van der Waals surface area contributed by atoms with E-state index in [2.05, 4.69) is 10.5 Å². The Morgan fingerprint density at radius 2 is 1.95 bits per heavy atom. The molecule has 0 atom stereocenters. The maximum absolute atomic E-state index is 10.9. The Hall–Kier alpha value is -2.12. The van der Waals surface area contributed by atoms with Crippen LogP contribution in [0.4, 0.5) is 0 Å². The maximum Gasteiger partial charge on any atom is 0.330 e. The highest BCUT2D eigenvalue weighted by Gasteiger charge is 1.98. The lowest BCUT2D eigenvalue weighted by Gasteiger charge is -1.99. The third-order valence-corrected chi connectivity index (χ3v) is 2.01. The average Bonchev–Trinajstić information content (AvgIpc) is 2.50. The van der Waals surface area contributed by atoms with Crippen molar-refractivity contribution >= 4 is 12.0 Å². The number of aryl methyl sites for hydroxylation is 1. The lowest BCUT2D eigenvalue weighted by molar-refractivity contribution is -0.134. The Morgan fingerprint density at radius 1 is 1.37 bits per heavy atom. The second-order valence-electron chi connectivity index (χ2n) is 3.04. The van der Waals surface area contributed by atoms with Crippen LogP contribution in [0.15, 0.2) is 24.3 Å². The predicted octanol–water partition coefficient (Wildman–Crippen LogP) is 2.65. The van der Waals surface area contributed by atoms with Crippen molar-refractivity contribution in [1.82, 2.24) is 0 Å². The van der Waals surface area contributed by atoms with Gasteiger partial charge in [0.15, 0.2) is 0 Å². The van der Waals surface area contributed by atoms with Gasteiger partial charge in [0.25, 0.3) is 0 Å². The van der Waals surface area contributed by atoms with Crippen LogP contribution in [0.1, 0.15) is 30.5 Å². The van der Waals surface area contributed by atoms with E-state index in [0.717, 1.165) is 11.1 Å². The van der Waals surface area contributed by atoms with Gasteiger partial charge in [-0.1, -0.05) is 19.9 Å². The monoisotopic (exact) mass is 262 g/mol. The molecule has 0 saturated heterocycles. The average molecular weight is 262 g/mol. The van der Waals surface area contributed by atoms with Gasteiger partial charge in [0.2, 0.25) is 0 Å². The molecule has 0 spiro atoms. The molecular formula is C15H22N2O2. The van der Waals surface area contributed by atoms with Gasteiger partial charge in [-0.2, -0.15) is 5.26 Å². The number of rotatable bonds is 2. The zero-order valence-corrected chi connectivity index (χ0v) is 12.2. The number of carbonyl (C=O) groups is 1. The van der Waals surface area contributed by atoms with E-state index in [0.29, 0.717) is 5.56 Å². The van der Waals surface area contributed by atoms with Gasteiger partial charge >= 0.3 is 5.97 Å². The first-order valence-corrected chi connectivity index (χ1v) is 6.02. The first-order valence-electron chi connectivity index (χ1n) is 6.02. The molecule has 1 aromatic carbocycles. The van der Waals surface area contributed by atoms with Gasteiger partial charge in [-0.15, -0.1) is 0 Å². The van der Waals surface area contributed by atoms with Crippen molar-refractivity contribution in [2.24, 2.45) is 5.73 Å². The molecule has 1 aromatic rings. The van der Waals surface area contributed by atoms with Gasteiger partial charge < -0.3 is 10.5 Å². The van der Waals surface area contributed by atoms with Crippen molar-refractivity contribution in [3.63, 3.8) is 0 Å².